The van der Waals surface area contributed by atoms with Gasteiger partial charge in [0, 0.05) is 38.6 Å². The second kappa shape index (κ2) is 4.59. The highest BCUT2D eigenvalue weighted by Crippen LogP contribution is 2.21. The van der Waals surface area contributed by atoms with Crippen LogP contribution in [-0.2, 0) is 7.05 Å². The summed E-state index contributed by atoms with van der Waals surface area (Å²) in [6.45, 7) is 0. The van der Waals surface area contributed by atoms with Gasteiger partial charge in [-0.3, -0.25) is 4.68 Å². The monoisotopic (exact) mass is 230 g/mol. The van der Waals surface area contributed by atoms with Gasteiger partial charge in [-0.05, 0) is 17.7 Å². The fraction of sp³-hybridized carbons (Fsp3) is 0.308. The number of aromatic nitrogens is 2. The minimum absolute atomic E-state index is 0.111. The van der Waals surface area contributed by atoms with Crippen LogP contribution in [-0.4, -0.2) is 23.9 Å². The molecule has 4 heteroatoms. The van der Waals surface area contributed by atoms with Crippen molar-refractivity contribution in [1.29, 1.82) is 0 Å². The van der Waals surface area contributed by atoms with Crippen molar-refractivity contribution in [1.82, 2.24) is 9.78 Å². The summed E-state index contributed by atoms with van der Waals surface area (Å²) < 4.78 is 1.77. The first-order valence-electron chi connectivity index (χ1n) is 5.59. The second-order valence-corrected chi connectivity index (χ2v) is 4.41. The molecule has 0 aliphatic heterocycles. The molecule has 0 amide bonds. The zero-order valence-electron chi connectivity index (χ0n) is 10.5. The molecule has 1 atom stereocenters. The number of nitrogens with zero attached hydrogens (tertiary/aromatic N) is 3. The van der Waals surface area contributed by atoms with Crippen molar-refractivity contribution in [3.05, 3.63) is 47.8 Å². The maximum Gasteiger partial charge on any atom is 0.0582 e. The standard InChI is InChI=1S/C13H18N4/c1-16(2)12-6-4-10(5-7-12)13(14)11-8-15-17(3)9-11/h4-9,13H,14H2,1-3H3. The van der Waals surface area contributed by atoms with Crippen LogP contribution in [0, 0.1) is 0 Å². The number of anilines is 1. The fourth-order valence-corrected chi connectivity index (χ4v) is 1.77. The normalized spacial score (nSPS) is 12.5. The summed E-state index contributed by atoms with van der Waals surface area (Å²) in [4.78, 5) is 2.07. The molecule has 0 saturated carbocycles. The summed E-state index contributed by atoms with van der Waals surface area (Å²) in [5.74, 6) is 0. The number of hydrogen-bond acceptors (Lipinski definition) is 3. The van der Waals surface area contributed by atoms with Gasteiger partial charge in [0.05, 0.1) is 12.2 Å². The predicted molar refractivity (Wildman–Crippen MR) is 70.0 cm³/mol. The summed E-state index contributed by atoms with van der Waals surface area (Å²) in [5.41, 5.74) is 9.50. The van der Waals surface area contributed by atoms with Crippen LogP contribution in [0.4, 0.5) is 5.69 Å². The molecule has 90 valence electrons. The van der Waals surface area contributed by atoms with Gasteiger partial charge >= 0.3 is 0 Å². The van der Waals surface area contributed by atoms with E-state index in [1.165, 1.54) is 5.69 Å². The van der Waals surface area contributed by atoms with Gasteiger partial charge in [0.15, 0.2) is 0 Å². The van der Waals surface area contributed by atoms with E-state index in [-0.39, 0.29) is 6.04 Å². The highest BCUT2D eigenvalue weighted by atomic mass is 15.2. The second-order valence-electron chi connectivity index (χ2n) is 4.41. The lowest BCUT2D eigenvalue weighted by molar-refractivity contribution is 0.765. The van der Waals surface area contributed by atoms with Crippen molar-refractivity contribution in [2.75, 3.05) is 19.0 Å². The van der Waals surface area contributed by atoms with Crippen LogP contribution in [0.15, 0.2) is 36.7 Å². The summed E-state index contributed by atoms with van der Waals surface area (Å²) in [5, 5.41) is 4.14. The minimum atomic E-state index is -0.111. The summed E-state index contributed by atoms with van der Waals surface area (Å²) in [6, 6.07) is 8.16. The third-order valence-electron chi connectivity index (χ3n) is 2.85. The highest BCUT2D eigenvalue weighted by molar-refractivity contribution is 5.47. The molecule has 1 unspecified atom stereocenters. The molecule has 0 aliphatic carbocycles. The molecule has 2 N–H and O–H groups in total. The van der Waals surface area contributed by atoms with E-state index in [4.69, 9.17) is 5.73 Å². The zero-order chi connectivity index (χ0) is 12.4. The summed E-state index contributed by atoms with van der Waals surface area (Å²) in [6.07, 6.45) is 3.76. The molecule has 0 spiro atoms. The topological polar surface area (TPSA) is 47.1 Å². The molecule has 0 fully saturated rings. The average molecular weight is 230 g/mol. The molecule has 2 rings (SSSR count). The van der Waals surface area contributed by atoms with Crippen LogP contribution in [0.1, 0.15) is 17.2 Å². The van der Waals surface area contributed by atoms with E-state index >= 15 is 0 Å². The van der Waals surface area contributed by atoms with E-state index in [9.17, 15) is 0 Å². The highest BCUT2D eigenvalue weighted by Gasteiger charge is 2.10. The molecule has 2 aromatic rings. The van der Waals surface area contributed by atoms with E-state index < -0.39 is 0 Å². The van der Waals surface area contributed by atoms with E-state index in [1.807, 2.05) is 33.5 Å². The largest absolute Gasteiger partial charge is 0.378 e. The Kier molecular flexibility index (Phi) is 3.15. The maximum absolute atomic E-state index is 6.19. The van der Waals surface area contributed by atoms with Crippen molar-refractivity contribution in [2.24, 2.45) is 12.8 Å². The first-order chi connectivity index (χ1) is 8.08. The molecule has 17 heavy (non-hydrogen) atoms. The van der Waals surface area contributed by atoms with E-state index in [0.29, 0.717) is 0 Å². The van der Waals surface area contributed by atoms with Gasteiger partial charge in [0.1, 0.15) is 0 Å². The van der Waals surface area contributed by atoms with Crippen molar-refractivity contribution in [2.45, 2.75) is 6.04 Å². The molecular weight excluding hydrogens is 212 g/mol. The van der Waals surface area contributed by atoms with Crippen molar-refractivity contribution >= 4 is 5.69 Å². The quantitative estimate of drug-likeness (QED) is 0.870. The Morgan fingerprint density at radius 3 is 2.29 bits per heavy atom. The molecular formula is C13H18N4. The van der Waals surface area contributed by atoms with Crippen molar-refractivity contribution < 1.29 is 0 Å². The molecule has 0 radical (unpaired) electrons. The Hall–Kier alpha value is -1.81. The Labute approximate surface area is 102 Å². The van der Waals surface area contributed by atoms with Crippen molar-refractivity contribution in [3.63, 3.8) is 0 Å². The number of aryl methyl sites for hydroxylation is 1. The van der Waals surface area contributed by atoms with Crippen LogP contribution in [0.25, 0.3) is 0 Å². The molecule has 1 aromatic heterocycles. The number of hydrogen-bond donors (Lipinski definition) is 1. The Morgan fingerprint density at radius 1 is 1.18 bits per heavy atom. The third-order valence-corrected chi connectivity index (χ3v) is 2.85. The Balaban J connectivity index is 2.22. The summed E-state index contributed by atoms with van der Waals surface area (Å²) in [7, 11) is 5.94. The summed E-state index contributed by atoms with van der Waals surface area (Å²) >= 11 is 0. The van der Waals surface area contributed by atoms with Gasteiger partial charge in [0.25, 0.3) is 0 Å². The Bertz CT molecular complexity index is 484. The number of nitrogens with two attached hydrogens (primary N) is 1. The fourth-order valence-electron chi connectivity index (χ4n) is 1.77. The first-order valence-corrected chi connectivity index (χ1v) is 5.59. The number of benzene rings is 1. The smallest absolute Gasteiger partial charge is 0.0582 e. The van der Waals surface area contributed by atoms with Gasteiger partial charge in [-0.15, -0.1) is 0 Å². The lowest BCUT2D eigenvalue weighted by Crippen LogP contribution is -2.12. The average Bonchev–Trinajstić information content (AvgIpc) is 2.75. The van der Waals surface area contributed by atoms with Gasteiger partial charge in [0.2, 0.25) is 0 Å². The molecule has 0 saturated heterocycles. The Morgan fingerprint density at radius 2 is 1.82 bits per heavy atom. The van der Waals surface area contributed by atoms with Crippen LogP contribution in [0.5, 0.6) is 0 Å². The SMILES string of the molecule is CN(C)c1ccc(C(N)c2cnn(C)c2)cc1. The predicted octanol–water partition coefficient (Wildman–Crippen LogP) is 1.53. The maximum atomic E-state index is 6.19. The zero-order valence-corrected chi connectivity index (χ0v) is 10.5. The van der Waals surface area contributed by atoms with Crippen molar-refractivity contribution in [3.8, 4) is 0 Å². The molecule has 0 aliphatic rings. The number of rotatable bonds is 3. The molecule has 1 heterocycles. The lowest BCUT2D eigenvalue weighted by atomic mass is 10.0. The van der Waals surface area contributed by atoms with Gasteiger partial charge in [-0.25, -0.2) is 0 Å². The first kappa shape index (κ1) is 11.7. The van der Waals surface area contributed by atoms with Gasteiger partial charge < -0.3 is 10.6 Å². The van der Waals surface area contributed by atoms with Crippen LogP contribution in [0.3, 0.4) is 0 Å². The lowest BCUT2D eigenvalue weighted by Gasteiger charge is -2.15. The molecule has 1 aromatic carbocycles. The molecule has 4 nitrogen and oxygen atoms in total. The van der Waals surface area contributed by atoms with Gasteiger partial charge in [-0.1, -0.05) is 12.1 Å². The molecule has 0 bridgehead atoms. The van der Waals surface area contributed by atoms with E-state index in [1.54, 1.807) is 4.68 Å². The van der Waals surface area contributed by atoms with Crippen LogP contribution >= 0.6 is 0 Å². The third kappa shape index (κ3) is 2.47. The minimum Gasteiger partial charge on any atom is -0.378 e. The van der Waals surface area contributed by atoms with Gasteiger partial charge in [-0.2, -0.15) is 5.10 Å². The van der Waals surface area contributed by atoms with E-state index in [2.05, 4.69) is 34.3 Å². The van der Waals surface area contributed by atoms with E-state index in [0.717, 1.165) is 11.1 Å². The van der Waals surface area contributed by atoms with Crippen LogP contribution < -0.4 is 10.6 Å². The van der Waals surface area contributed by atoms with Crippen LogP contribution in [0.2, 0.25) is 0 Å².